The molecule has 0 bridgehead atoms. The fourth-order valence-corrected chi connectivity index (χ4v) is 3.39. The molecule has 2 aromatic rings. The van der Waals surface area contributed by atoms with Crippen molar-refractivity contribution < 1.29 is 4.79 Å². The lowest BCUT2D eigenvalue weighted by Gasteiger charge is -2.27. The molecule has 0 atom stereocenters. The van der Waals surface area contributed by atoms with Gasteiger partial charge in [0.1, 0.15) is 5.69 Å². The monoisotopic (exact) mass is 342 g/mol. The number of piperidine rings is 1. The second-order valence-electron chi connectivity index (χ2n) is 6.62. The molecule has 1 aromatic carbocycles. The highest BCUT2D eigenvalue weighted by molar-refractivity contribution is 6.30. The third-order valence-corrected chi connectivity index (χ3v) is 4.99. The summed E-state index contributed by atoms with van der Waals surface area (Å²) in [4.78, 5) is 19.2. The number of nitrogens with zero attached hydrogens (tertiary/aromatic N) is 2. The minimum atomic E-state index is 0.131. The molecule has 1 saturated heterocycles. The Labute approximate surface area is 148 Å². The minimum Gasteiger partial charge on any atom is -0.306 e. The minimum absolute atomic E-state index is 0.131. The fourth-order valence-electron chi connectivity index (χ4n) is 3.18. The van der Waals surface area contributed by atoms with Crippen molar-refractivity contribution in [3.8, 4) is 0 Å². The Balaban J connectivity index is 1.58. The number of carbonyl (C=O) groups is 1. The third kappa shape index (κ3) is 4.43. The summed E-state index contributed by atoms with van der Waals surface area (Å²) in [6, 6.07) is 11.8. The number of aryl methyl sites for hydroxylation is 2. The van der Waals surface area contributed by atoms with Gasteiger partial charge in [-0.15, -0.1) is 0 Å². The lowest BCUT2D eigenvalue weighted by Crippen LogP contribution is -2.33. The van der Waals surface area contributed by atoms with E-state index in [0.717, 1.165) is 49.4 Å². The van der Waals surface area contributed by atoms with Gasteiger partial charge in [0.15, 0.2) is 5.78 Å². The first-order valence-electron chi connectivity index (χ1n) is 8.54. The average Bonchev–Trinajstić information content (AvgIpc) is 2.61. The molecule has 0 spiro atoms. The van der Waals surface area contributed by atoms with E-state index in [1.54, 1.807) is 0 Å². The van der Waals surface area contributed by atoms with Crippen LogP contribution in [-0.4, -0.2) is 35.8 Å². The van der Waals surface area contributed by atoms with Crippen molar-refractivity contribution >= 4 is 17.4 Å². The van der Waals surface area contributed by atoms with E-state index >= 15 is 0 Å². The van der Waals surface area contributed by atoms with E-state index in [4.69, 9.17) is 11.6 Å². The lowest BCUT2D eigenvalue weighted by atomic mass is 9.91. The number of aromatic nitrogens is 1. The van der Waals surface area contributed by atoms with E-state index in [0.29, 0.717) is 5.69 Å². The van der Waals surface area contributed by atoms with Gasteiger partial charge in [0.2, 0.25) is 0 Å². The third-order valence-electron chi connectivity index (χ3n) is 4.76. The maximum absolute atomic E-state index is 12.5. The Morgan fingerprint density at radius 2 is 1.92 bits per heavy atom. The highest BCUT2D eigenvalue weighted by Crippen LogP contribution is 2.20. The number of ketones is 1. The number of Topliss-reactive ketones (excluding diaryl/α,β-unsaturated/α-hetero) is 1. The van der Waals surface area contributed by atoms with E-state index in [2.05, 4.69) is 23.0 Å². The Bertz CT molecular complexity index is 691. The summed E-state index contributed by atoms with van der Waals surface area (Å²) in [7, 11) is 2.10. The number of pyridine rings is 1. The van der Waals surface area contributed by atoms with Crippen molar-refractivity contribution in [3.05, 3.63) is 64.4 Å². The maximum Gasteiger partial charge on any atom is 0.184 e. The predicted molar refractivity (Wildman–Crippen MR) is 97.6 cm³/mol. The van der Waals surface area contributed by atoms with Crippen molar-refractivity contribution in [3.63, 3.8) is 0 Å². The van der Waals surface area contributed by atoms with Crippen molar-refractivity contribution in [2.75, 3.05) is 20.1 Å². The first-order valence-corrected chi connectivity index (χ1v) is 8.92. The van der Waals surface area contributed by atoms with Crippen LogP contribution in [0.4, 0.5) is 0 Å². The predicted octanol–water partition coefficient (Wildman–Crippen LogP) is 4.04. The van der Waals surface area contributed by atoms with Gasteiger partial charge in [0.25, 0.3) is 0 Å². The highest BCUT2D eigenvalue weighted by Gasteiger charge is 2.25. The lowest BCUT2D eigenvalue weighted by molar-refractivity contribution is 0.0851. The zero-order valence-corrected chi connectivity index (χ0v) is 14.8. The van der Waals surface area contributed by atoms with Crippen LogP contribution in [0.1, 0.15) is 34.5 Å². The molecule has 0 saturated carbocycles. The molecule has 3 nitrogen and oxygen atoms in total. The van der Waals surface area contributed by atoms with Crippen LogP contribution in [-0.2, 0) is 12.8 Å². The molecule has 0 aliphatic carbocycles. The van der Waals surface area contributed by atoms with Crippen LogP contribution in [0.25, 0.3) is 0 Å². The number of hydrogen-bond donors (Lipinski definition) is 0. The highest BCUT2D eigenvalue weighted by atomic mass is 35.5. The van der Waals surface area contributed by atoms with Gasteiger partial charge in [-0.2, -0.15) is 0 Å². The van der Waals surface area contributed by atoms with E-state index in [1.165, 1.54) is 5.56 Å². The molecule has 2 heterocycles. The topological polar surface area (TPSA) is 33.2 Å². The molecule has 0 N–H and O–H groups in total. The molecular formula is C20H23ClN2O. The Hall–Kier alpha value is -1.71. The SMILES string of the molecule is CN1CCC(C(=O)c2ccc(CCc3cccc(Cl)c3)cn2)CC1. The van der Waals surface area contributed by atoms with E-state index in [-0.39, 0.29) is 11.7 Å². The van der Waals surface area contributed by atoms with Crippen molar-refractivity contribution in [2.24, 2.45) is 5.92 Å². The van der Waals surface area contributed by atoms with Gasteiger partial charge in [-0.05, 0) is 75.1 Å². The number of hydrogen-bond acceptors (Lipinski definition) is 3. The van der Waals surface area contributed by atoms with Crippen molar-refractivity contribution in [2.45, 2.75) is 25.7 Å². The summed E-state index contributed by atoms with van der Waals surface area (Å²) >= 11 is 6.01. The molecule has 1 aliphatic heterocycles. The van der Waals surface area contributed by atoms with Gasteiger partial charge in [0.05, 0.1) is 0 Å². The van der Waals surface area contributed by atoms with E-state index in [1.807, 2.05) is 36.5 Å². The summed E-state index contributed by atoms with van der Waals surface area (Å²) in [6.07, 6.45) is 5.54. The Morgan fingerprint density at radius 3 is 2.58 bits per heavy atom. The van der Waals surface area contributed by atoms with E-state index in [9.17, 15) is 4.79 Å². The Kier molecular flexibility index (Phi) is 5.64. The largest absolute Gasteiger partial charge is 0.306 e. The molecule has 4 heteroatoms. The van der Waals surface area contributed by atoms with Crippen LogP contribution in [0.3, 0.4) is 0 Å². The van der Waals surface area contributed by atoms with Gasteiger partial charge in [-0.1, -0.05) is 29.8 Å². The molecule has 0 radical (unpaired) electrons. The summed E-state index contributed by atoms with van der Waals surface area (Å²) in [5.41, 5.74) is 2.97. The molecule has 126 valence electrons. The average molecular weight is 343 g/mol. The number of halogens is 1. The molecular weight excluding hydrogens is 320 g/mol. The van der Waals surface area contributed by atoms with Crippen LogP contribution < -0.4 is 0 Å². The first kappa shape index (κ1) is 17.1. The van der Waals surface area contributed by atoms with Crippen molar-refractivity contribution in [1.82, 2.24) is 9.88 Å². The number of benzene rings is 1. The van der Waals surface area contributed by atoms with Crippen molar-refractivity contribution in [1.29, 1.82) is 0 Å². The molecule has 24 heavy (non-hydrogen) atoms. The van der Waals surface area contributed by atoms with Gasteiger partial charge >= 0.3 is 0 Å². The quantitative estimate of drug-likeness (QED) is 0.769. The molecule has 0 amide bonds. The smallest absolute Gasteiger partial charge is 0.184 e. The van der Waals surface area contributed by atoms with Crippen LogP contribution in [0.5, 0.6) is 0 Å². The van der Waals surface area contributed by atoms with Crippen LogP contribution in [0.2, 0.25) is 5.02 Å². The van der Waals surface area contributed by atoms with Crippen LogP contribution in [0.15, 0.2) is 42.6 Å². The second kappa shape index (κ2) is 7.91. The number of carbonyl (C=O) groups excluding carboxylic acids is 1. The zero-order valence-electron chi connectivity index (χ0n) is 14.0. The van der Waals surface area contributed by atoms with Gasteiger partial charge in [-0.3, -0.25) is 9.78 Å². The normalized spacial score (nSPS) is 16.2. The van der Waals surface area contributed by atoms with Crippen LogP contribution in [0, 0.1) is 5.92 Å². The standard InChI is InChI=1S/C20H23ClN2O/c1-23-11-9-17(10-12-23)20(24)19-8-7-16(14-22-19)6-5-15-3-2-4-18(21)13-15/h2-4,7-8,13-14,17H,5-6,9-12H2,1H3. The zero-order chi connectivity index (χ0) is 16.9. The summed E-state index contributed by atoms with van der Waals surface area (Å²) in [6.45, 7) is 1.99. The Morgan fingerprint density at radius 1 is 1.17 bits per heavy atom. The van der Waals surface area contributed by atoms with E-state index < -0.39 is 0 Å². The molecule has 0 unspecified atom stereocenters. The summed E-state index contributed by atoms with van der Waals surface area (Å²) in [5, 5.41) is 0.768. The first-order chi connectivity index (χ1) is 11.6. The van der Waals surface area contributed by atoms with Gasteiger partial charge < -0.3 is 4.90 Å². The number of rotatable bonds is 5. The van der Waals surface area contributed by atoms with Gasteiger partial charge in [-0.25, -0.2) is 0 Å². The van der Waals surface area contributed by atoms with Crippen LogP contribution >= 0.6 is 11.6 Å². The molecule has 1 aliphatic rings. The second-order valence-corrected chi connectivity index (χ2v) is 7.06. The number of likely N-dealkylation sites (tertiary alicyclic amines) is 1. The maximum atomic E-state index is 12.5. The molecule has 1 fully saturated rings. The molecule has 3 rings (SSSR count). The van der Waals surface area contributed by atoms with Gasteiger partial charge in [0, 0.05) is 17.1 Å². The summed E-state index contributed by atoms with van der Waals surface area (Å²) in [5.74, 6) is 0.329. The molecule has 1 aromatic heterocycles. The fraction of sp³-hybridized carbons (Fsp3) is 0.400. The summed E-state index contributed by atoms with van der Waals surface area (Å²) < 4.78 is 0.